The summed E-state index contributed by atoms with van der Waals surface area (Å²) in [5.41, 5.74) is 10.6. The molecule has 0 radical (unpaired) electrons. The quantitative estimate of drug-likeness (QED) is 0.193. The number of aromatic nitrogens is 2. The maximum absolute atomic E-state index is 10.6. The van der Waals surface area contributed by atoms with E-state index in [2.05, 4.69) is 81.9 Å². The molecule has 9 aromatic rings. The second-order valence-corrected chi connectivity index (χ2v) is 12.3. The van der Waals surface area contributed by atoms with Gasteiger partial charge in [0.2, 0.25) is 0 Å². The third kappa shape index (κ3) is 4.24. The Morgan fingerprint density at radius 1 is 0.400 bits per heavy atom. The number of hydrogen-bond donors (Lipinski definition) is 0. The SMILES string of the molecule is N#Cc1ccc2c(c1)c1ccccc1n2-c1cccc(-c2cccc(C#N)c2-c2c(C#N)cccc2-n2c3ccccc3c3ccccc32)c1. The van der Waals surface area contributed by atoms with E-state index in [1.54, 1.807) is 0 Å². The number of rotatable bonds is 4. The van der Waals surface area contributed by atoms with Gasteiger partial charge in [-0.3, -0.25) is 0 Å². The van der Waals surface area contributed by atoms with Crippen LogP contribution in [0.3, 0.4) is 0 Å². The highest BCUT2D eigenvalue weighted by atomic mass is 15.0. The van der Waals surface area contributed by atoms with Crippen LogP contribution in [0.5, 0.6) is 0 Å². The summed E-state index contributed by atoms with van der Waals surface area (Å²) in [7, 11) is 0. The highest BCUT2D eigenvalue weighted by molar-refractivity contribution is 6.11. The molecule has 0 atom stereocenters. The molecule has 0 amide bonds. The molecule has 7 aromatic carbocycles. The fourth-order valence-corrected chi connectivity index (χ4v) is 7.55. The van der Waals surface area contributed by atoms with Crippen molar-refractivity contribution < 1.29 is 0 Å². The van der Waals surface area contributed by atoms with E-state index >= 15 is 0 Å². The molecule has 5 heteroatoms. The lowest BCUT2D eigenvalue weighted by molar-refractivity contribution is 1.18. The fourth-order valence-electron chi connectivity index (χ4n) is 7.55. The average Bonchev–Trinajstić information content (AvgIpc) is 3.70. The molecule has 2 aromatic heterocycles. The van der Waals surface area contributed by atoms with E-state index in [4.69, 9.17) is 0 Å². The Morgan fingerprint density at radius 3 is 1.62 bits per heavy atom. The van der Waals surface area contributed by atoms with Crippen LogP contribution in [0.2, 0.25) is 0 Å². The summed E-state index contributed by atoms with van der Waals surface area (Å²) in [6.45, 7) is 0. The van der Waals surface area contributed by atoms with Gasteiger partial charge in [-0.15, -0.1) is 0 Å². The average molecular weight is 636 g/mol. The topological polar surface area (TPSA) is 81.2 Å². The fraction of sp³-hybridized carbons (Fsp3) is 0. The van der Waals surface area contributed by atoms with Crippen LogP contribution in [0.4, 0.5) is 0 Å². The Hall–Kier alpha value is -7.39. The van der Waals surface area contributed by atoms with Crippen LogP contribution in [-0.2, 0) is 0 Å². The van der Waals surface area contributed by atoms with Gasteiger partial charge in [-0.2, -0.15) is 15.8 Å². The Morgan fingerprint density at radius 2 is 0.960 bits per heavy atom. The van der Waals surface area contributed by atoms with E-state index < -0.39 is 0 Å². The predicted octanol–water partition coefficient (Wildman–Crippen LogP) is 10.8. The summed E-state index contributed by atoms with van der Waals surface area (Å²) < 4.78 is 4.43. The summed E-state index contributed by atoms with van der Waals surface area (Å²) in [5.74, 6) is 0. The summed E-state index contributed by atoms with van der Waals surface area (Å²) in [6.07, 6.45) is 0. The van der Waals surface area contributed by atoms with Gasteiger partial charge in [-0.1, -0.05) is 84.9 Å². The van der Waals surface area contributed by atoms with Gasteiger partial charge in [-0.05, 0) is 77.9 Å². The van der Waals surface area contributed by atoms with Gasteiger partial charge in [-0.25, -0.2) is 0 Å². The standard InChI is InChI=1S/C45H25N5/c46-26-29-22-23-42-38(24-29)37-16-3-4-18-39(37)49(42)33-13-7-10-30(25-33)34-17-8-11-31(27-47)44(34)45-32(28-48)12-9-21-43(45)50-40-19-5-1-14-35(40)36-15-2-6-20-41(36)50/h1-25H. The van der Waals surface area contributed by atoms with E-state index in [0.29, 0.717) is 27.8 Å². The molecule has 0 aliphatic carbocycles. The molecular formula is C45H25N5. The molecule has 0 spiro atoms. The number of nitrogens with zero attached hydrogens (tertiary/aromatic N) is 5. The molecule has 0 fully saturated rings. The van der Waals surface area contributed by atoms with Gasteiger partial charge in [0.15, 0.2) is 0 Å². The Bertz CT molecular complexity index is 2920. The zero-order chi connectivity index (χ0) is 33.8. The number of fused-ring (bicyclic) bond motifs is 6. The van der Waals surface area contributed by atoms with Crippen LogP contribution in [-0.4, -0.2) is 9.13 Å². The zero-order valence-electron chi connectivity index (χ0n) is 26.7. The van der Waals surface area contributed by atoms with Crippen molar-refractivity contribution in [3.8, 4) is 51.8 Å². The van der Waals surface area contributed by atoms with Gasteiger partial charge >= 0.3 is 0 Å². The Kier molecular flexibility index (Phi) is 6.56. The summed E-state index contributed by atoms with van der Waals surface area (Å²) >= 11 is 0. The second kappa shape index (κ2) is 11.4. The second-order valence-electron chi connectivity index (χ2n) is 12.3. The predicted molar refractivity (Wildman–Crippen MR) is 200 cm³/mol. The Balaban J connectivity index is 1.33. The molecule has 0 saturated carbocycles. The summed E-state index contributed by atoms with van der Waals surface area (Å²) in [6, 6.07) is 57.6. The largest absolute Gasteiger partial charge is 0.309 e. The van der Waals surface area contributed by atoms with Crippen molar-refractivity contribution in [2.45, 2.75) is 0 Å². The van der Waals surface area contributed by atoms with Crippen LogP contribution in [0.1, 0.15) is 16.7 Å². The van der Waals surface area contributed by atoms with Crippen molar-refractivity contribution in [1.82, 2.24) is 9.13 Å². The molecule has 0 unspecified atom stereocenters. The minimum absolute atomic E-state index is 0.485. The molecule has 5 nitrogen and oxygen atoms in total. The van der Waals surface area contributed by atoms with Gasteiger partial charge in [0.25, 0.3) is 0 Å². The van der Waals surface area contributed by atoms with Crippen molar-refractivity contribution in [1.29, 1.82) is 15.8 Å². The highest BCUT2D eigenvalue weighted by Gasteiger charge is 2.23. The zero-order valence-corrected chi connectivity index (χ0v) is 26.7. The minimum Gasteiger partial charge on any atom is -0.309 e. The van der Waals surface area contributed by atoms with Crippen LogP contribution >= 0.6 is 0 Å². The first kappa shape index (κ1) is 28.8. The first-order valence-electron chi connectivity index (χ1n) is 16.3. The molecule has 50 heavy (non-hydrogen) atoms. The van der Waals surface area contributed by atoms with E-state index in [9.17, 15) is 15.8 Å². The van der Waals surface area contributed by atoms with Gasteiger partial charge in [0.05, 0.1) is 62.7 Å². The number of hydrogen-bond acceptors (Lipinski definition) is 3. The van der Waals surface area contributed by atoms with Crippen LogP contribution in [0.15, 0.2) is 152 Å². The lowest BCUT2D eigenvalue weighted by Gasteiger charge is -2.20. The molecule has 230 valence electrons. The van der Waals surface area contributed by atoms with E-state index in [1.807, 2.05) is 97.1 Å². The van der Waals surface area contributed by atoms with Crippen molar-refractivity contribution in [3.63, 3.8) is 0 Å². The maximum Gasteiger partial charge on any atom is 0.0998 e. The van der Waals surface area contributed by atoms with Gasteiger partial charge < -0.3 is 9.13 Å². The number of nitriles is 3. The van der Waals surface area contributed by atoms with Crippen LogP contribution in [0, 0.1) is 34.0 Å². The number of benzene rings is 7. The lowest BCUT2D eigenvalue weighted by atomic mass is 9.87. The van der Waals surface area contributed by atoms with Gasteiger partial charge in [0, 0.05) is 38.4 Å². The molecule has 9 rings (SSSR count). The molecular weight excluding hydrogens is 611 g/mol. The van der Waals surface area contributed by atoms with Crippen LogP contribution < -0.4 is 0 Å². The van der Waals surface area contributed by atoms with Crippen molar-refractivity contribution in [2.24, 2.45) is 0 Å². The molecule has 0 aliphatic heterocycles. The lowest BCUT2D eigenvalue weighted by Crippen LogP contribution is -2.02. The summed E-state index contributed by atoms with van der Waals surface area (Å²) in [5, 5.41) is 35.1. The van der Waals surface area contributed by atoms with E-state index in [0.717, 1.165) is 66.1 Å². The first-order chi connectivity index (χ1) is 24.7. The van der Waals surface area contributed by atoms with Crippen LogP contribution in [0.25, 0.3) is 77.2 Å². The Labute approximate surface area is 287 Å². The van der Waals surface area contributed by atoms with Crippen molar-refractivity contribution in [2.75, 3.05) is 0 Å². The van der Waals surface area contributed by atoms with Crippen molar-refractivity contribution >= 4 is 43.6 Å². The highest BCUT2D eigenvalue weighted by Crippen LogP contribution is 2.43. The third-order valence-corrected chi connectivity index (χ3v) is 9.64. The van der Waals surface area contributed by atoms with E-state index in [-0.39, 0.29) is 0 Å². The molecule has 0 N–H and O–H groups in total. The van der Waals surface area contributed by atoms with Crippen molar-refractivity contribution in [3.05, 3.63) is 168 Å². The third-order valence-electron chi connectivity index (χ3n) is 9.64. The maximum atomic E-state index is 10.6. The van der Waals surface area contributed by atoms with Gasteiger partial charge in [0.1, 0.15) is 0 Å². The molecule has 2 heterocycles. The summed E-state index contributed by atoms with van der Waals surface area (Å²) in [4.78, 5) is 0. The smallest absolute Gasteiger partial charge is 0.0998 e. The minimum atomic E-state index is 0.485. The monoisotopic (exact) mass is 635 g/mol. The van der Waals surface area contributed by atoms with E-state index in [1.165, 1.54) is 0 Å². The number of para-hydroxylation sites is 3. The molecule has 0 bridgehead atoms. The molecule has 0 saturated heterocycles. The first-order valence-corrected chi connectivity index (χ1v) is 16.3. The normalized spacial score (nSPS) is 11.1. The molecule has 0 aliphatic rings.